The number of likely N-dealkylation sites (tertiary alicyclic amines) is 1. The number of pyridine rings is 1. The summed E-state index contributed by atoms with van der Waals surface area (Å²) in [5, 5.41) is 0. The zero-order valence-electron chi connectivity index (χ0n) is 21.3. The van der Waals surface area contributed by atoms with Crippen molar-refractivity contribution in [3.63, 3.8) is 0 Å². The molecule has 2 amide bonds. The number of ether oxygens (including phenoxy) is 3. The summed E-state index contributed by atoms with van der Waals surface area (Å²) in [7, 11) is 3.32. The summed E-state index contributed by atoms with van der Waals surface area (Å²) in [5.41, 5.74) is 2.88. The molecular weight excluding hydrogens is 446 g/mol. The number of hydrogen-bond donors (Lipinski definition) is 0. The first-order chi connectivity index (χ1) is 16.9. The van der Waals surface area contributed by atoms with Crippen LogP contribution in [0.1, 0.15) is 42.5 Å². The second kappa shape index (κ2) is 10.1. The van der Waals surface area contributed by atoms with Crippen LogP contribution in [0.3, 0.4) is 0 Å². The minimum Gasteiger partial charge on any atom is -0.379 e. The molecule has 5 atom stereocenters. The normalized spacial score (nSPS) is 32.4. The molecule has 3 fully saturated rings. The average molecular weight is 486 g/mol. The van der Waals surface area contributed by atoms with Crippen LogP contribution in [-0.4, -0.2) is 86.4 Å². The number of fused-ring (bicyclic) bond motifs is 2. The molecule has 2 saturated heterocycles. The highest BCUT2D eigenvalue weighted by atomic mass is 16.5. The lowest BCUT2D eigenvalue weighted by atomic mass is 9.78. The molecule has 2 unspecified atom stereocenters. The summed E-state index contributed by atoms with van der Waals surface area (Å²) >= 11 is 0. The second-order valence-corrected chi connectivity index (χ2v) is 11.1. The van der Waals surface area contributed by atoms with E-state index in [0.717, 1.165) is 55.5 Å². The molecule has 3 aliphatic heterocycles. The van der Waals surface area contributed by atoms with Gasteiger partial charge in [-0.3, -0.25) is 14.6 Å². The smallest absolute Gasteiger partial charge is 0.248 e. The van der Waals surface area contributed by atoms with Gasteiger partial charge in [-0.05, 0) is 61.5 Å². The van der Waals surface area contributed by atoms with Crippen molar-refractivity contribution < 1.29 is 23.8 Å². The highest BCUT2D eigenvalue weighted by Crippen LogP contribution is 2.54. The van der Waals surface area contributed by atoms with Gasteiger partial charge in [0.2, 0.25) is 11.8 Å². The molecule has 0 aromatic carbocycles. The molecule has 0 bridgehead atoms. The Bertz CT molecular complexity index is 955. The van der Waals surface area contributed by atoms with Crippen molar-refractivity contribution >= 4 is 11.8 Å². The molecular formula is C27H39N3O5. The van der Waals surface area contributed by atoms with E-state index < -0.39 is 5.41 Å². The quantitative estimate of drug-likeness (QED) is 0.615. The Morgan fingerprint density at radius 2 is 2.14 bits per heavy atom. The topological polar surface area (TPSA) is 81.2 Å². The number of rotatable bonds is 6. The maximum atomic E-state index is 14.3. The Hall–Kier alpha value is -2.03. The minimum absolute atomic E-state index is 0.0154. The van der Waals surface area contributed by atoms with Crippen LogP contribution in [0.25, 0.3) is 0 Å². The number of hydrogen-bond acceptors (Lipinski definition) is 6. The van der Waals surface area contributed by atoms with E-state index in [-0.39, 0.29) is 30.4 Å². The van der Waals surface area contributed by atoms with Crippen molar-refractivity contribution in [3.05, 3.63) is 29.1 Å². The van der Waals surface area contributed by atoms with E-state index in [0.29, 0.717) is 44.6 Å². The van der Waals surface area contributed by atoms with E-state index in [1.165, 1.54) is 0 Å². The molecule has 1 aliphatic carbocycles. The van der Waals surface area contributed by atoms with Gasteiger partial charge in [0.1, 0.15) is 6.61 Å². The van der Waals surface area contributed by atoms with Gasteiger partial charge in [-0.25, -0.2) is 0 Å². The molecule has 0 N–H and O–H groups in total. The van der Waals surface area contributed by atoms with Crippen LogP contribution in [0.2, 0.25) is 0 Å². The predicted molar refractivity (Wildman–Crippen MR) is 130 cm³/mol. The van der Waals surface area contributed by atoms with Crippen LogP contribution in [0, 0.1) is 30.1 Å². The zero-order valence-corrected chi connectivity index (χ0v) is 21.3. The molecule has 1 aromatic heterocycles. The Morgan fingerprint density at radius 3 is 2.94 bits per heavy atom. The van der Waals surface area contributed by atoms with Crippen LogP contribution in [0.5, 0.6) is 0 Å². The van der Waals surface area contributed by atoms with E-state index in [9.17, 15) is 9.59 Å². The van der Waals surface area contributed by atoms with Gasteiger partial charge in [-0.2, -0.15) is 0 Å². The number of aromatic nitrogens is 1. The molecule has 192 valence electrons. The van der Waals surface area contributed by atoms with Crippen molar-refractivity contribution in [1.82, 2.24) is 14.8 Å². The van der Waals surface area contributed by atoms with Gasteiger partial charge in [-0.15, -0.1) is 0 Å². The third kappa shape index (κ3) is 4.72. The van der Waals surface area contributed by atoms with Crippen LogP contribution in [-0.2, 0) is 36.8 Å². The molecule has 4 heterocycles. The number of nitrogens with zero attached hydrogens (tertiary/aromatic N) is 3. The van der Waals surface area contributed by atoms with Crippen molar-refractivity contribution in [2.24, 2.45) is 23.2 Å². The Labute approximate surface area is 208 Å². The number of carbonyl (C=O) groups is 2. The molecule has 0 spiro atoms. The van der Waals surface area contributed by atoms with Gasteiger partial charge in [0.15, 0.2) is 0 Å². The lowest BCUT2D eigenvalue weighted by Crippen LogP contribution is -2.49. The number of amides is 2. The fourth-order valence-corrected chi connectivity index (χ4v) is 7.17. The first kappa shape index (κ1) is 24.7. The molecule has 0 radical (unpaired) electrons. The van der Waals surface area contributed by atoms with E-state index >= 15 is 0 Å². The van der Waals surface area contributed by atoms with Gasteiger partial charge < -0.3 is 24.0 Å². The molecule has 8 nitrogen and oxygen atoms in total. The number of aryl methyl sites for hydroxylation is 1. The summed E-state index contributed by atoms with van der Waals surface area (Å²) < 4.78 is 16.5. The number of carbonyl (C=O) groups excluding carboxylic acids is 2. The van der Waals surface area contributed by atoms with Crippen molar-refractivity contribution in [2.45, 2.75) is 51.7 Å². The first-order valence-corrected chi connectivity index (χ1v) is 13.0. The van der Waals surface area contributed by atoms with Gasteiger partial charge >= 0.3 is 0 Å². The lowest BCUT2D eigenvalue weighted by molar-refractivity contribution is -0.144. The van der Waals surface area contributed by atoms with Gasteiger partial charge in [-0.1, -0.05) is 6.07 Å². The molecule has 1 saturated carbocycles. The van der Waals surface area contributed by atoms with Gasteiger partial charge in [0.25, 0.3) is 0 Å². The SMILES string of the molecule is COCC(=O)N1C[C@@H]2C[C@@H](CC3CCOCC3OC)C[C@]2(C(=O)N2CCc3ncc(C)cc3C2)C1. The maximum absolute atomic E-state index is 14.3. The van der Waals surface area contributed by atoms with Crippen molar-refractivity contribution in [1.29, 1.82) is 0 Å². The fraction of sp³-hybridized carbons (Fsp3) is 0.741. The Balaban J connectivity index is 1.36. The molecule has 5 rings (SSSR count). The summed E-state index contributed by atoms with van der Waals surface area (Å²) in [6.45, 7) is 6.01. The standard InChI is InChI=1S/C27H39N3O5/c1-18-8-21-13-29(6-4-23(21)28-12-18)26(32)27-11-19(9-20-5-7-35-15-24(20)34-3)10-22(27)14-30(17-27)25(31)16-33-2/h8,12,19-20,22,24H,4-7,9-11,13-17H2,1-3H3/t19-,20?,22+,24?,27+/m1/s1. The van der Waals surface area contributed by atoms with E-state index in [1.54, 1.807) is 14.2 Å². The monoisotopic (exact) mass is 485 g/mol. The third-order valence-corrected chi connectivity index (χ3v) is 8.86. The Morgan fingerprint density at radius 1 is 1.29 bits per heavy atom. The summed E-state index contributed by atoms with van der Waals surface area (Å²) in [5.74, 6) is 1.33. The molecule has 1 aromatic rings. The van der Waals surface area contributed by atoms with Crippen LogP contribution >= 0.6 is 0 Å². The summed E-state index contributed by atoms with van der Waals surface area (Å²) in [6.07, 6.45) is 6.73. The third-order valence-electron chi connectivity index (χ3n) is 8.86. The average Bonchev–Trinajstić information content (AvgIpc) is 3.38. The van der Waals surface area contributed by atoms with Crippen molar-refractivity contribution in [3.8, 4) is 0 Å². The van der Waals surface area contributed by atoms with Gasteiger partial charge in [0.05, 0.1) is 18.1 Å². The lowest BCUT2D eigenvalue weighted by Gasteiger charge is -2.37. The van der Waals surface area contributed by atoms with Crippen LogP contribution < -0.4 is 0 Å². The van der Waals surface area contributed by atoms with Gasteiger partial charge in [0, 0.05) is 65.3 Å². The first-order valence-electron chi connectivity index (χ1n) is 13.0. The minimum atomic E-state index is -0.503. The highest BCUT2D eigenvalue weighted by Gasteiger charge is 2.59. The molecule has 35 heavy (non-hydrogen) atoms. The Kier molecular flexibility index (Phi) is 7.15. The van der Waals surface area contributed by atoms with E-state index in [2.05, 4.69) is 11.1 Å². The van der Waals surface area contributed by atoms with E-state index in [1.807, 2.05) is 22.9 Å². The van der Waals surface area contributed by atoms with E-state index in [4.69, 9.17) is 14.2 Å². The highest BCUT2D eigenvalue weighted by molar-refractivity contribution is 5.87. The number of methoxy groups -OCH3 is 2. The predicted octanol–water partition coefficient (Wildman–Crippen LogP) is 2.22. The summed E-state index contributed by atoms with van der Waals surface area (Å²) in [4.78, 5) is 35.5. The molecule has 4 aliphatic rings. The summed E-state index contributed by atoms with van der Waals surface area (Å²) in [6, 6.07) is 2.16. The van der Waals surface area contributed by atoms with Crippen LogP contribution in [0.15, 0.2) is 12.3 Å². The molecule has 8 heteroatoms. The second-order valence-electron chi connectivity index (χ2n) is 11.1. The van der Waals surface area contributed by atoms with Crippen molar-refractivity contribution in [2.75, 3.05) is 53.7 Å². The zero-order chi connectivity index (χ0) is 24.6. The van der Waals surface area contributed by atoms with Crippen LogP contribution in [0.4, 0.5) is 0 Å². The fourth-order valence-electron chi connectivity index (χ4n) is 7.17. The maximum Gasteiger partial charge on any atom is 0.248 e. The largest absolute Gasteiger partial charge is 0.379 e.